The van der Waals surface area contributed by atoms with Gasteiger partial charge in [-0.25, -0.2) is 14.5 Å². The van der Waals surface area contributed by atoms with Gasteiger partial charge in [-0.1, -0.05) is 27.7 Å². The van der Waals surface area contributed by atoms with Gasteiger partial charge in [0.15, 0.2) is 5.65 Å². The molecule has 1 saturated heterocycles. The first kappa shape index (κ1) is 20.0. The monoisotopic (exact) mass is 417 g/mol. The summed E-state index contributed by atoms with van der Waals surface area (Å²) in [6, 6.07) is 5.36. The fraction of sp³-hybridized carbons (Fsp3) is 0.458. The Morgan fingerprint density at radius 2 is 1.87 bits per heavy atom. The van der Waals surface area contributed by atoms with Gasteiger partial charge in [0.1, 0.15) is 12.1 Å². The smallest absolute Gasteiger partial charge is 0.158 e. The van der Waals surface area contributed by atoms with Crippen LogP contribution in [-0.4, -0.2) is 49.7 Å². The number of pyridine rings is 2. The van der Waals surface area contributed by atoms with E-state index in [9.17, 15) is 0 Å². The lowest BCUT2D eigenvalue weighted by Gasteiger charge is -2.41. The van der Waals surface area contributed by atoms with Gasteiger partial charge < -0.3 is 15.2 Å². The van der Waals surface area contributed by atoms with E-state index < -0.39 is 0 Å². The van der Waals surface area contributed by atoms with E-state index in [1.165, 1.54) is 11.1 Å². The summed E-state index contributed by atoms with van der Waals surface area (Å²) in [5, 5.41) is 7.99. The zero-order valence-corrected chi connectivity index (χ0v) is 19.2. The van der Waals surface area contributed by atoms with E-state index in [0.717, 1.165) is 52.4 Å². The number of nitrogens with zero attached hydrogens (tertiary/aromatic N) is 5. The van der Waals surface area contributed by atoms with Gasteiger partial charge in [-0.15, -0.1) is 0 Å². The number of hydrogen-bond acceptors (Lipinski definition) is 5. The van der Waals surface area contributed by atoms with Gasteiger partial charge in [-0.05, 0) is 43.0 Å². The summed E-state index contributed by atoms with van der Waals surface area (Å²) < 4.78 is 1.87. The Kier molecular flexibility index (Phi) is 4.73. The zero-order chi connectivity index (χ0) is 21.9. The molecule has 5 rings (SSSR count). The van der Waals surface area contributed by atoms with E-state index in [1.807, 2.05) is 4.52 Å². The van der Waals surface area contributed by atoms with Crippen LogP contribution in [0.2, 0.25) is 0 Å². The van der Waals surface area contributed by atoms with E-state index in [-0.39, 0.29) is 0 Å². The van der Waals surface area contributed by atoms with Crippen LogP contribution in [0.25, 0.3) is 27.9 Å². The molecule has 31 heavy (non-hydrogen) atoms. The molecular weight excluding hydrogens is 386 g/mol. The first-order valence-electron chi connectivity index (χ1n) is 11.2. The summed E-state index contributed by atoms with van der Waals surface area (Å²) in [4.78, 5) is 15.5. The third kappa shape index (κ3) is 3.28. The van der Waals surface area contributed by atoms with Crippen LogP contribution in [-0.2, 0) is 0 Å². The molecular formula is C24H31N7. The standard InChI is InChI=1S/C24H31N7/c1-13(2)21-22(18-11-31-24(25-12-26-31)16(6)15(18)5)28-19-7-8-20(29-23(19)21)30-9-17(10-30)27-14(3)4/h7-8,11-14,17,27-28H,9-10H2,1-6H3. The van der Waals surface area contributed by atoms with Gasteiger partial charge in [-0.2, -0.15) is 5.10 Å². The van der Waals surface area contributed by atoms with Crippen molar-refractivity contribution in [1.82, 2.24) is 29.9 Å². The summed E-state index contributed by atoms with van der Waals surface area (Å²) in [6.45, 7) is 15.2. The van der Waals surface area contributed by atoms with Crippen molar-refractivity contribution in [3.63, 3.8) is 0 Å². The maximum Gasteiger partial charge on any atom is 0.158 e. The van der Waals surface area contributed by atoms with Gasteiger partial charge in [0, 0.05) is 42.5 Å². The average Bonchev–Trinajstić information content (AvgIpc) is 3.30. The van der Waals surface area contributed by atoms with Gasteiger partial charge in [0.25, 0.3) is 0 Å². The van der Waals surface area contributed by atoms with Crippen LogP contribution in [0.5, 0.6) is 0 Å². The first-order chi connectivity index (χ1) is 14.8. The Balaban J connectivity index is 1.59. The molecule has 0 bridgehead atoms. The van der Waals surface area contributed by atoms with Crippen molar-refractivity contribution in [2.75, 3.05) is 18.0 Å². The highest BCUT2D eigenvalue weighted by Gasteiger charge is 2.29. The second-order valence-corrected chi connectivity index (χ2v) is 9.38. The second kappa shape index (κ2) is 7.34. The van der Waals surface area contributed by atoms with Gasteiger partial charge >= 0.3 is 0 Å². The maximum atomic E-state index is 5.11. The SMILES string of the molecule is Cc1c(-c2[nH]c3ccc(N4CC(NC(C)C)C4)nc3c2C(C)C)cn2ncnc2c1C. The Morgan fingerprint density at radius 1 is 1.10 bits per heavy atom. The van der Waals surface area contributed by atoms with Crippen molar-refractivity contribution in [3.8, 4) is 11.3 Å². The van der Waals surface area contributed by atoms with Crippen molar-refractivity contribution >= 4 is 22.5 Å². The van der Waals surface area contributed by atoms with Crippen LogP contribution in [0.15, 0.2) is 24.7 Å². The molecule has 4 aromatic rings. The minimum atomic E-state index is 0.337. The quantitative estimate of drug-likeness (QED) is 0.509. The highest BCUT2D eigenvalue weighted by atomic mass is 15.3. The van der Waals surface area contributed by atoms with Crippen LogP contribution in [0, 0.1) is 13.8 Å². The number of aromatic nitrogens is 5. The van der Waals surface area contributed by atoms with Crippen molar-refractivity contribution in [2.24, 2.45) is 0 Å². The number of aryl methyl sites for hydroxylation is 1. The zero-order valence-electron chi connectivity index (χ0n) is 19.2. The van der Waals surface area contributed by atoms with Crippen LogP contribution in [0.4, 0.5) is 5.82 Å². The molecule has 0 spiro atoms. The topological polar surface area (TPSA) is 74.1 Å². The van der Waals surface area contributed by atoms with Gasteiger partial charge in [-0.3, -0.25) is 0 Å². The Bertz CT molecular complexity index is 1260. The van der Waals surface area contributed by atoms with Crippen LogP contribution in [0.3, 0.4) is 0 Å². The number of nitrogens with one attached hydrogen (secondary N) is 2. The van der Waals surface area contributed by atoms with Gasteiger partial charge in [0.2, 0.25) is 0 Å². The minimum absolute atomic E-state index is 0.337. The molecule has 1 aliphatic heterocycles. The van der Waals surface area contributed by atoms with Crippen LogP contribution < -0.4 is 10.2 Å². The summed E-state index contributed by atoms with van der Waals surface area (Å²) >= 11 is 0. The normalized spacial score (nSPS) is 15.0. The lowest BCUT2D eigenvalue weighted by molar-refractivity contribution is 0.387. The lowest BCUT2D eigenvalue weighted by atomic mass is 9.95. The number of aromatic amines is 1. The predicted octanol–water partition coefficient (Wildman–Crippen LogP) is 4.20. The number of hydrogen-bond donors (Lipinski definition) is 2. The summed E-state index contributed by atoms with van der Waals surface area (Å²) in [7, 11) is 0. The van der Waals surface area contributed by atoms with Crippen LogP contribution >= 0.6 is 0 Å². The Labute approximate surface area is 182 Å². The summed E-state index contributed by atoms with van der Waals surface area (Å²) in [5.41, 5.74) is 8.98. The van der Waals surface area contributed by atoms with Crippen molar-refractivity contribution in [1.29, 1.82) is 0 Å². The minimum Gasteiger partial charge on any atom is -0.353 e. The Hall–Kier alpha value is -2.93. The third-order valence-corrected chi connectivity index (χ3v) is 6.41. The number of anilines is 1. The van der Waals surface area contributed by atoms with Crippen molar-refractivity contribution < 1.29 is 0 Å². The average molecular weight is 418 g/mol. The van der Waals surface area contributed by atoms with E-state index in [4.69, 9.17) is 4.98 Å². The molecule has 0 aromatic carbocycles. The largest absolute Gasteiger partial charge is 0.353 e. The summed E-state index contributed by atoms with van der Waals surface area (Å²) in [6.07, 6.45) is 3.70. The molecule has 7 nitrogen and oxygen atoms in total. The molecule has 7 heteroatoms. The molecule has 2 N–H and O–H groups in total. The maximum absolute atomic E-state index is 5.11. The van der Waals surface area contributed by atoms with E-state index in [1.54, 1.807) is 6.33 Å². The predicted molar refractivity (Wildman–Crippen MR) is 126 cm³/mol. The molecule has 4 aromatic heterocycles. The molecule has 1 fully saturated rings. The molecule has 0 radical (unpaired) electrons. The molecule has 0 atom stereocenters. The highest BCUT2D eigenvalue weighted by Crippen LogP contribution is 2.38. The second-order valence-electron chi connectivity index (χ2n) is 9.38. The molecule has 0 saturated carbocycles. The fourth-order valence-corrected chi connectivity index (χ4v) is 4.72. The highest BCUT2D eigenvalue weighted by molar-refractivity contribution is 5.90. The van der Waals surface area contributed by atoms with Crippen LogP contribution in [0.1, 0.15) is 50.3 Å². The molecule has 0 unspecified atom stereocenters. The van der Waals surface area contributed by atoms with E-state index in [2.05, 4.69) is 85.2 Å². The van der Waals surface area contributed by atoms with Crippen molar-refractivity contribution in [3.05, 3.63) is 41.3 Å². The van der Waals surface area contributed by atoms with Crippen molar-refractivity contribution in [2.45, 2.75) is 59.5 Å². The molecule has 0 amide bonds. The summed E-state index contributed by atoms with van der Waals surface area (Å²) in [5.74, 6) is 1.39. The molecule has 162 valence electrons. The number of fused-ring (bicyclic) bond motifs is 2. The third-order valence-electron chi connectivity index (χ3n) is 6.41. The fourth-order valence-electron chi connectivity index (χ4n) is 4.72. The first-order valence-corrected chi connectivity index (χ1v) is 11.2. The lowest BCUT2D eigenvalue weighted by Crippen LogP contribution is -2.59. The van der Waals surface area contributed by atoms with E-state index >= 15 is 0 Å². The molecule has 1 aliphatic rings. The number of H-pyrrole nitrogens is 1. The Morgan fingerprint density at radius 3 is 2.58 bits per heavy atom. The van der Waals surface area contributed by atoms with E-state index in [0.29, 0.717) is 18.0 Å². The van der Waals surface area contributed by atoms with Gasteiger partial charge in [0.05, 0.1) is 16.7 Å². The molecule has 5 heterocycles. The molecule has 0 aliphatic carbocycles. The number of rotatable bonds is 5.